The first-order chi connectivity index (χ1) is 8.06. The molecule has 1 aliphatic heterocycles. The second kappa shape index (κ2) is 5.19. The van der Waals surface area contributed by atoms with Crippen molar-refractivity contribution in [3.05, 3.63) is 16.5 Å². The second-order valence-electron chi connectivity index (χ2n) is 4.58. The Morgan fingerprint density at radius 1 is 1.29 bits per heavy atom. The molecule has 2 unspecified atom stereocenters. The second-order valence-corrected chi connectivity index (χ2v) is 4.94. The van der Waals surface area contributed by atoms with Gasteiger partial charge in [0.15, 0.2) is 11.0 Å². The first-order valence-corrected chi connectivity index (χ1v) is 6.33. The fraction of sp³-hybridized carbons (Fsp3) is 0.667. The van der Waals surface area contributed by atoms with Crippen LogP contribution in [0.2, 0.25) is 5.15 Å². The molecule has 0 bridgehead atoms. The van der Waals surface area contributed by atoms with Crippen molar-refractivity contribution in [1.29, 1.82) is 0 Å². The molecule has 2 heterocycles. The molecule has 17 heavy (non-hydrogen) atoms. The Bertz CT molecular complexity index is 411. The van der Waals surface area contributed by atoms with Crippen LogP contribution in [0.1, 0.15) is 31.2 Å². The summed E-state index contributed by atoms with van der Waals surface area (Å²) in [6, 6.07) is 0.368. The van der Waals surface area contributed by atoms with Gasteiger partial charge < -0.3 is 10.1 Å². The summed E-state index contributed by atoms with van der Waals surface area (Å²) in [5.41, 5.74) is 1.79. The van der Waals surface area contributed by atoms with Crippen molar-refractivity contribution in [2.24, 2.45) is 0 Å². The van der Waals surface area contributed by atoms with Crippen molar-refractivity contribution < 1.29 is 4.74 Å². The van der Waals surface area contributed by atoms with Crippen LogP contribution in [-0.2, 0) is 4.74 Å². The minimum Gasteiger partial charge on any atom is -0.378 e. The molecule has 1 fully saturated rings. The Labute approximate surface area is 107 Å². The largest absolute Gasteiger partial charge is 0.378 e. The van der Waals surface area contributed by atoms with Crippen LogP contribution in [0.15, 0.2) is 0 Å². The van der Waals surface area contributed by atoms with E-state index in [4.69, 9.17) is 16.3 Å². The molecular weight excluding hydrogens is 238 g/mol. The van der Waals surface area contributed by atoms with Crippen molar-refractivity contribution in [1.82, 2.24) is 9.97 Å². The molecule has 0 saturated carbocycles. The lowest BCUT2D eigenvalue weighted by molar-refractivity contribution is 0.0231. The molecule has 0 radical (unpaired) electrons. The Kier molecular flexibility index (Phi) is 3.84. The predicted molar refractivity (Wildman–Crippen MR) is 68.6 cm³/mol. The molecule has 0 amide bonds. The van der Waals surface area contributed by atoms with Gasteiger partial charge in [0.1, 0.15) is 0 Å². The van der Waals surface area contributed by atoms with E-state index in [1.54, 1.807) is 0 Å². The van der Waals surface area contributed by atoms with Crippen LogP contribution in [0.5, 0.6) is 0 Å². The minimum atomic E-state index is 0.291. The normalized spacial score (nSPS) is 24.7. The molecule has 1 aliphatic rings. The van der Waals surface area contributed by atoms with Gasteiger partial charge in [0.05, 0.1) is 17.5 Å². The van der Waals surface area contributed by atoms with Gasteiger partial charge in [0, 0.05) is 12.6 Å². The van der Waals surface area contributed by atoms with Crippen molar-refractivity contribution in [3.63, 3.8) is 0 Å². The van der Waals surface area contributed by atoms with E-state index in [0.29, 0.717) is 23.1 Å². The van der Waals surface area contributed by atoms with Crippen LogP contribution in [0.25, 0.3) is 0 Å². The Morgan fingerprint density at radius 2 is 2.00 bits per heavy atom. The number of halogens is 1. The quantitative estimate of drug-likeness (QED) is 0.883. The predicted octanol–water partition coefficient (Wildman–Crippen LogP) is 2.73. The lowest BCUT2D eigenvalue weighted by Crippen LogP contribution is -2.33. The Balaban J connectivity index is 2.10. The van der Waals surface area contributed by atoms with Crippen LogP contribution in [0.4, 0.5) is 5.82 Å². The van der Waals surface area contributed by atoms with Gasteiger partial charge in [-0.05, 0) is 33.6 Å². The van der Waals surface area contributed by atoms with E-state index in [2.05, 4.69) is 22.2 Å². The van der Waals surface area contributed by atoms with E-state index < -0.39 is 0 Å². The Hall–Kier alpha value is -0.870. The lowest BCUT2D eigenvalue weighted by atomic mass is 10.0. The van der Waals surface area contributed by atoms with E-state index in [1.165, 1.54) is 0 Å². The number of hydrogen-bond acceptors (Lipinski definition) is 4. The number of hydrogen-bond donors (Lipinski definition) is 1. The molecule has 1 aromatic rings. The summed E-state index contributed by atoms with van der Waals surface area (Å²) in [4.78, 5) is 8.71. The third-order valence-electron chi connectivity index (χ3n) is 3.09. The van der Waals surface area contributed by atoms with Gasteiger partial charge in [-0.15, -0.1) is 0 Å². The molecule has 0 aliphatic carbocycles. The monoisotopic (exact) mass is 255 g/mol. The molecular formula is C12H18ClN3O. The number of aromatic nitrogens is 2. The first kappa shape index (κ1) is 12.6. The summed E-state index contributed by atoms with van der Waals surface area (Å²) in [5.74, 6) is 0.689. The summed E-state index contributed by atoms with van der Waals surface area (Å²) >= 11 is 6.09. The van der Waals surface area contributed by atoms with Crippen molar-refractivity contribution in [2.75, 3.05) is 11.9 Å². The molecule has 4 nitrogen and oxygen atoms in total. The van der Waals surface area contributed by atoms with Crippen LogP contribution < -0.4 is 5.32 Å². The number of nitrogens with one attached hydrogen (secondary N) is 1. The zero-order valence-electron chi connectivity index (χ0n) is 10.5. The number of aryl methyl sites for hydroxylation is 2. The van der Waals surface area contributed by atoms with E-state index in [9.17, 15) is 0 Å². The minimum absolute atomic E-state index is 0.291. The van der Waals surface area contributed by atoms with E-state index in [-0.39, 0.29) is 0 Å². The van der Waals surface area contributed by atoms with Crippen LogP contribution in [0, 0.1) is 13.8 Å². The maximum atomic E-state index is 6.09. The van der Waals surface area contributed by atoms with Crippen molar-refractivity contribution in [2.45, 2.75) is 45.8 Å². The Morgan fingerprint density at radius 3 is 2.71 bits per heavy atom. The average molecular weight is 256 g/mol. The highest BCUT2D eigenvalue weighted by Crippen LogP contribution is 2.23. The lowest BCUT2D eigenvalue weighted by Gasteiger charge is -2.28. The highest BCUT2D eigenvalue weighted by atomic mass is 35.5. The number of nitrogens with zero attached hydrogens (tertiary/aromatic N) is 2. The topological polar surface area (TPSA) is 47.0 Å². The highest BCUT2D eigenvalue weighted by Gasteiger charge is 2.20. The van der Waals surface area contributed by atoms with Gasteiger partial charge in [-0.25, -0.2) is 9.97 Å². The third-order valence-corrected chi connectivity index (χ3v) is 3.35. The first-order valence-electron chi connectivity index (χ1n) is 5.95. The number of anilines is 1. The molecule has 2 atom stereocenters. The van der Waals surface area contributed by atoms with E-state index in [1.807, 2.05) is 13.8 Å². The molecule has 0 aromatic carbocycles. The highest BCUT2D eigenvalue weighted by molar-refractivity contribution is 6.31. The van der Waals surface area contributed by atoms with Gasteiger partial charge >= 0.3 is 0 Å². The molecule has 1 aromatic heterocycles. The summed E-state index contributed by atoms with van der Waals surface area (Å²) in [5, 5.41) is 3.81. The van der Waals surface area contributed by atoms with Crippen LogP contribution >= 0.6 is 11.6 Å². The number of ether oxygens (including phenoxy) is 1. The molecule has 5 heteroatoms. The molecule has 1 saturated heterocycles. The van der Waals surface area contributed by atoms with Gasteiger partial charge in [-0.1, -0.05) is 11.6 Å². The van der Waals surface area contributed by atoms with E-state index >= 15 is 0 Å². The fourth-order valence-corrected chi connectivity index (χ4v) is 2.21. The number of rotatable bonds is 2. The average Bonchev–Trinajstić information content (AvgIpc) is 2.26. The summed E-state index contributed by atoms with van der Waals surface area (Å²) in [7, 11) is 0. The van der Waals surface area contributed by atoms with Gasteiger partial charge in [-0.3, -0.25) is 0 Å². The fourth-order valence-electron chi connectivity index (χ4n) is 1.99. The van der Waals surface area contributed by atoms with E-state index in [0.717, 1.165) is 30.8 Å². The SMILES string of the molecule is Cc1nc(Cl)c(NC2CCOC(C)C2)nc1C. The van der Waals surface area contributed by atoms with Crippen molar-refractivity contribution in [3.8, 4) is 0 Å². The van der Waals surface area contributed by atoms with Crippen LogP contribution in [-0.4, -0.2) is 28.7 Å². The zero-order valence-corrected chi connectivity index (χ0v) is 11.2. The summed E-state index contributed by atoms with van der Waals surface area (Å²) in [6.07, 6.45) is 2.25. The van der Waals surface area contributed by atoms with Gasteiger partial charge in [0.2, 0.25) is 0 Å². The summed E-state index contributed by atoms with van der Waals surface area (Å²) in [6.45, 7) is 6.72. The van der Waals surface area contributed by atoms with Gasteiger partial charge in [0.25, 0.3) is 0 Å². The maximum absolute atomic E-state index is 6.09. The maximum Gasteiger partial charge on any atom is 0.171 e. The molecule has 2 rings (SSSR count). The molecule has 1 N–H and O–H groups in total. The molecule has 94 valence electrons. The summed E-state index contributed by atoms with van der Waals surface area (Å²) < 4.78 is 5.51. The third kappa shape index (κ3) is 3.07. The smallest absolute Gasteiger partial charge is 0.171 e. The van der Waals surface area contributed by atoms with Crippen molar-refractivity contribution >= 4 is 17.4 Å². The zero-order chi connectivity index (χ0) is 12.4. The van der Waals surface area contributed by atoms with Gasteiger partial charge in [-0.2, -0.15) is 0 Å². The standard InChI is InChI=1S/C12H18ClN3O/c1-7-6-10(4-5-17-7)16-12-11(13)14-8(2)9(3)15-12/h7,10H,4-6H2,1-3H3,(H,15,16). The van der Waals surface area contributed by atoms with Crippen LogP contribution in [0.3, 0.4) is 0 Å². The molecule has 0 spiro atoms.